The normalized spacial score (nSPS) is 18.9. The third kappa shape index (κ3) is 3.37. The zero-order valence-corrected chi connectivity index (χ0v) is 12.3. The number of amides is 1. The Labute approximate surface area is 119 Å². The predicted molar refractivity (Wildman–Crippen MR) is 75.5 cm³/mol. The van der Waals surface area contributed by atoms with Crippen molar-refractivity contribution in [1.29, 1.82) is 0 Å². The van der Waals surface area contributed by atoms with Crippen molar-refractivity contribution in [2.75, 3.05) is 18.9 Å². The van der Waals surface area contributed by atoms with Gasteiger partial charge in [-0.15, -0.1) is 0 Å². The molecule has 0 bridgehead atoms. The van der Waals surface area contributed by atoms with Gasteiger partial charge in [0.25, 0.3) is 5.91 Å². The highest BCUT2D eigenvalue weighted by Gasteiger charge is 2.22. The lowest BCUT2D eigenvalue weighted by atomic mass is 10.2. The number of nitrogens with one attached hydrogen (secondary N) is 1. The first-order valence-corrected chi connectivity index (χ1v) is 8.41. The van der Waals surface area contributed by atoms with Crippen LogP contribution in [0.1, 0.15) is 30.1 Å². The Hall–Kier alpha value is -1.40. The van der Waals surface area contributed by atoms with Gasteiger partial charge in [-0.3, -0.25) is 4.79 Å². The zero-order valence-electron chi connectivity index (χ0n) is 11.5. The molecule has 6 heteroatoms. The Kier molecular flexibility index (Phi) is 4.77. The largest absolute Gasteiger partial charge is 0.376 e. The Bertz CT molecular complexity index is 577. The van der Waals surface area contributed by atoms with Crippen molar-refractivity contribution < 1.29 is 17.9 Å². The van der Waals surface area contributed by atoms with Gasteiger partial charge in [0.2, 0.25) is 0 Å². The Morgan fingerprint density at radius 2 is 2.15 bits per heavy atom. The van der Waals surface area contributed by atoms with Gasteiger partial charge in [0, 0.05) is 13.2 Å². The molecule has 0 saturated carbocycles. The van der Waals surface area contributed by atoms with Crippen LogP contribution in [0.3, 0.4) is 0 Å². The molecule has 1 heterocycles. The first-order chi connectivity index (χ1) is 9.54. The van der Waals surface area contributed by atoms with E-state index in [1.807, 2.05) is 0 Å². The molecule has 20 heavy (non-hydrogen) atoms. The molecule has 1 amide bonds. The number of carbonyl (C=O) groups excluding carboxylic acids is 1. The average Bonchev–Trinajstić information content (AvgIpc) is 2.98. The van der Waals surface area contributed by atoms with Crippen LogP contribution in [-0.2, 0) is 14.6 Å². The maximum atomic E-state index is 12.2. The third-order valence-electron chi connectivity index (χ3n) is 3.36. The number of hydrogen-bond donors (Lipinski definition) is 1. The number of rotatable bonds is 5. The van der Waals surface area contributed by atoms with Gasteiger partial charge in [-0.1, -0.05) is 19.1 Å². The second-order valence-electron chi connectivity index (χ2n) is 4.74. The van der Waals surface area contributed by atoms with Crippen molar-refractivity contribution in [3.63, 3.8) is 0 Å². The number of ether oxygens (including phenoxy) is 1. The van der Waals surface area contributed by atoms with Crippen LogP contribution in [0, 0.1) is 0 Å². The molecular weight excluding hydrogens is 278 g/mol. The van der Waals surface area contributed by atoms with E-state index in [2.05, 4.69) is 5.32 Å². The van der Waals surface area contributed by atoms with Crippen molar-refractivity contribution in [1.82, 2.24) is 5.32 Å². The van der Waals surface area contributed by atoms with Gasteiger partial charge < -0.3 is 10.1 Å². The number of carbonyl (C=O) groups is 1. The number of hydrogen-bond acceptors (Lipinski definition) is 4. The molecule has 1 atom stereocenters. The number of sulfone groups is 1. The summed E-state index contributed by atoms with van der Waals surface area (Å²) in [5, 5.41) is 2.75. The summed E-state index contributed by atoms with van der Waals surface area (Å²) in [5.41, 5.74) is 0.201. The van der Waals surface area contributed by atoms with Crippen LogP contribution >= 0.6 is 0 Å². The van der Waals surface area contributed by atoms with Crippen molar-refractivity contribution >= 4 is 15.7 Å². The molecule has 5 nitrogen and oxygen atoms in total. The monoisotopic (exact) mass is 297 g/mol. The van der Waals surface area contributed by atoms with E-state index in [0.29, 0.717) is 6.54 Å². The zero-order chi connectivity index (χ0) is 14.6. The van der Waals surface area contributed by atoms with Gasteiger partial charge in [-0.05, 0) is 25.0 Å². The van der Waals surface area contributed by atoms with E-state index < -0.39 is 9.84 Å². The summed E-state index contributed by atoms with van der Waals surface area (Å²) in [6.07, 6.45) is 1.96. The molecule has 1 fully saturated rings. The fraction of sp³-hybridized carbons (Fsp3) is 0.500. The standard InChI is InChI=1S/C14H19NO4S/c1-2-20(17,18)13-8-4-3-7-12(13)14(16)15-10-11-6-5-9-19-11/h3-4,7-8,11H,2,5-6,9-10H2,1H3,(H,15,16). The minimum absolute atomic E-state index is 0.0248. The smallest absolute Gasteiger partial charge is 0.252 e. The van der Waals surface area contributed by atoms with Crippen LogP contribution < -0.4 is 5.32 Å². The van der Waals surface area contributed by atoms with Gasteiger partial charge in [0.15, 0.2) is 9.84 Å². The van der Waals surface area contributed by atoms with Crippen LogP contribution in [-0.4, -0.2) is 39.3 Å². The Morgan fingerprint density at radius 1 is 1.40 bits per heavy atom. The van der Waals surface area contributed by atoms with Gasteiger partial charge in [0.1, 0.15) is 0 Å². The molecule has 1 aromatic carbocycles. The third-order valence-corrected chi connectivity index (χ3v) is 5.15. The lowest BCUT2D eigenvalue weighted by molar-refractivity contribution is 0.0855. The molecule has 1 saturated heterocycles. The maximum Gasteiger partial charge on any atom is 0.252 e. The predicted octanol–water partition coefficient (Wildman–Crippen LogP) is 1.39. The van der Waals surface area contributed by atoms with Gasteiger partial charge >= 0.3 is 0 Å². The van der Waals surface area contributed by atoms with Crippen molar-refractivity contribution in [3.8, 4) is 0 Å². The van der Waals surface area contributed by atoms with E-state index in [9.17, 15) is 13.2 Å². The molecule has 1 aliphatic heterocycles. The molecular formula is C14H19NO4S. The Morgan fingerprint density at radius 3 is 2.80 bits per heavy atom. The molecule has 1 N–H and O–H groups in total. The maximum absolute atomic E-state index is 12.2. The van der Waals surface area contributed by atoms with E-state index in [4.69, 9.17) is 4.74 Å². The summed E-state index contributed by atoms with van der Waals surface area (Å²) in [7, 11) is -3.40. The summed E-state index contributed by atoms with van der Waals surface area (Å²) in [6, 6.07) is 6.29. The van der Waals surface area contributed by atoms with Gasteiger partial charge in [-0.25, -0.2) is 8.42 Å². The first-order valence-electron chi connectivity index (χ1n) is 6.76. The second-order valence-corrected chi connectivity index (χ2v) is 6.99. The van der Waals surface area contributed by atoms with Crippen molar-refractivity contribution in [2.24, 2.45) is 0 Å². The summed E-state index contributed by atoms with van der Waals surface area (Å²) in [5.74, 6) is -0.392. The van der Waals surface area contributed by atoms with Crippen LogP contribution in [0.25, 0.3) is 0 Å². The molecule has 0 spiro atoms. The van der Waals surface area contributed by atoms with E-state index in [1.165, 1.54) is 12.1 Å². The highest BCUT2D eigenvalue weighted by molar-refractivity contribution is 7.91. The molecule has 110 valence electrons. The lowest BCUT2D eigenvalue weighted by Gasteiger charge is -2.13. The molecule has 0 aliphatic carbocycles. The van der Waals surface area contributed by atoms with E-state index in [1.54, 1.807) is 19.1 Å². The summed E-state index contributed by atoms with van der Waals surface area (Å²) in [6.45, 7) is 2.71. The second kappa shape index (κ2) is 6.37. The summed E-state index contributed by atoms with van der Waals surface area (Å²) in [4.78, 5) is 12.2. The Balaban J connectivity index is 2.13. The highest BCUT2D eigenvalue weighted by Crippen LogP contribution is 2.17. The number of benzene rings is 1. The van der Waals surface area contributed by atoms with Crippen LogP contribution in [0.4, 0.5) is 0 Å². The van der Waals surface area contributed by atoms with Crippen molar-refractivity contribution in [3.05, 3.63) is 29.8 Å². The molecule has 1 unspecified atom stereocenters. The lowest BCUT2D eigenvalue weighted by Crippen LogP contribution is -2.32. The molecule has 0 radical (unpaired) electrons. The molecule has 0 aromatic heterocycles. The highest BCUT2D eigenvalue weighted by atomic mass is 32.2. The minimum Gasteiger partial charge on any atom is -0.376 e. The topological polar surface area (TPSA) is 72.5 Å². The molecule has 2 rings (SSSR count). The summed E-state index contributed by atoms with van der Waals surface area (Å²) < 4.78 is 29.4. The van der Waals surface area contributed by atoms with Crippen molar-refractivity contribution in [2.45, 2.75) is 30.8 Å². The average molecular weight is 297 g/mol. The van der Waals surface area contributed by atoms with E-state index in [0.717, 1.165) is 19.4 Å². The van der Waals surface area contributed by atoms with E-state index >= 15 is 0 Å². The van der Waals surface area contributed by atoms with Crippen LogP contribution in [0.2, 0.25) is 0 Å². The van der Waals surface area contributed by atoms with Crippen LogP contribution in [0.15, 0.2) is 29.2 Å². The molecule has 1 aromatic rings. The fourth-order valence-electron chi connectivity index (χ4n) is 2.19. The van der Waals surface area contributed by atoms with Crippen LogP contribution in [0.5, 0.6) is 0 Å². The summed E-state index contributed by atoms with van der Waals surface area (Å²) >= 11 is 0. The quantitative estimate of drug-likeness (QED) is 0.891. The first kappa shape index (κ1) is 15.0. The SMILES string of the molecule is CCS(=O)(=O)c1ccccc1C(=O)NCC1CCCO1. The molecule has 1 aliphatic rings. The minimum atomic E-state index is -3.40. The van der Waals surface area contributed by atoms with Gasteiger partial charge in [0.05, 0.1) is 22.3 Å². The van der Waals surface area contributed by atoms with Gasteiger partial charge in [-0.2, -0.15) is 0 Å². The fourth-order valence-corrected chi connectivity index (χ4v) is 3.28. The van der Waals surface area contributed by atoms with E-state index in [-0.39, 0.29) is 28.2 Å².